The van der Waals surface area contributed by atoms with Gasteiger partial charge in [0.25, 0.3) is 0 Å². The molecule has 4 aliphatic carbocycles. The summed E-state index contributed by atoms with van der Waals surface area (Å²) in [6.45, 7) is 10.0. The Bertz CT molecular complexity index is 612. The third-order valence-corrected chi connectivity index (χ3v) is 11.6. The molecule has 0 heterocycles. The van der Waals surface area contributed by atoms with Gasteiger partial charge in [0.2, 0.25) is 0 Å². The topological polar surface area (TPSA) is 20.2 Å². The SMILES string of the molecule is CC(C)CCCC(C)[C@H]1CCC2C3CC=C4C[C@@H](O)CC[C@]4(CI)C3CC[C@@]21C. The summed E-state index contributed by atoms with van der Waals surface area (Å²) >= 11 is 2.68. The van der Waals surface area contributed by atoms with Crippen molar-refractivity contribution in [2.45, 2.75) is 104 Å². The standard InChI is InChI=1S/C27H45IO/c1-18(2)6-5-7-19(3)23-10-11-24-22-9-8-20-16-21(29)12-15-27(20,17-28)25(22)13-14-26(23,24)4/h8,18-19,21-25,29H,5-7,9-17H2,1-4H3/t19?,21-,22?,23+,24?,25?,26+,27+/m0/s1. The fraction of sp³-hybridized carbons (Fsp3) is 0.926. The Balaban J connectivity index is 1.51. The van der Waals surface area contributed by atoms with Gasteiger partial charge in [0.1, 0.15) is 0 Å². The third-order valence-electron chi connectivity index (χ3n) is 10.2. The van der Waals surface area contributed by atoms with Crippen LogP contribution in [0.4, 0.5) is 0 Å². The number of hydrogen-bond donors (Lipinski definition) is 1. The number of halogens is 1. The Labute approximate surface area is 194 Å². The minimum Gasteiger partial charge on any atom is -0.393 e. The molecule has 4 unspecified atom stereocenters. The molecule has 3 fully saturated rings. The molecule has 1 nitrogen and oxygen atoms in total. The summed E-state index contributed by atoms with van der Waals surface area (Å²) in [5.74, 6) is 5.46. The van der Waals surface area contributed by atoms with Crippen molar-refractivity contribution in [2.75, 3.05) is 4.43 Å². The summed E-state index contributed by atoms with van der Waals surface area (Å²) in [5, 5.41) is 10.3. The number of hydrogen-bond acceptors (Lipinski definition) is 1. The van der Waals surface area contributed by atoms with Gasteiger partial charge in [-0.3, -0.25) is 0 Å². The van der Waals surface area contributed by atoms with Crippen molar-refractivity contribution < 1.29 is 5.11 Å². The summed E-state index contributed by atoms with van der Waals surface area (Å²) in [6, 6.07) is 0. The lowest BCUT2D eigenvalue weighted by Gasteiger charge is -2.59. The predicted octanol–water partition coefficient (Wildman–Crippen LogP) is 7.80. The Kier molecular flexibility index (Phi) is 6.83. The zero-order valence-electron chi connectivity index (χ0n) is 19.4. The number of fused-ring (bicyclic) bond motifs is 5. The highest BCUT2D eigenvalue weighted by atomic mass is 127. The van der Waals surface area contributed by atoms with E-state index in [0.29, 0.717) is 10.8 Å². The molecule has 0 amide bonds. The Morgan fingerprint density at radius 2 is 1.86 bits per heavy atom. The lowest BCUT2D eigenvalue weighted by Crippen LogP contribution is -2.52. The molecule has 1 N–H and O–H groups in total. The molecule has 166 valence electrons. The van der Waals surface area contributed by atoms with Crippen molar-refractivity contribution >= 4 is 22.6 Å². The second kappa shape index (κ2) is 8.75. The van der Waals surface area contributed by atoms with Crippen LogP contribution in [-0.4, -0.2) is 15.6 Å². The Morgan fingerprint density at radius 3 is 2.59 bits per heavy atom. The zero-order chi connectivity index (χ0) is 20.8. The van der Waals surface area contributed by atoms with Gasteiger partial charge in [0.15, 0.2) is 0 Å². The fourth-order valence-corrected chi connectivity index (χ4v) is 10.1. The Morgan fingerprint density at radius 1 is 1.07 bits per heavy atom. The van der Waals surface area contributed by atoms with E-state index in [1.54, 1.807) is 5.57 Å². The van der Waals surface area contributed by atoms with Gasteiger partial charge in [0.05, 0.1) is 6.10 Å². The first kappa shape index (κ1) is 22.6. The number of alkyl halides is 1. The summed E-state index contributed by atoms with van der Waals surface area (Å²) in [5.41, 5.74) is 2.65. The maximum Gasteiger partial charge on any atom is 0.0577 e. The van der Waals surface area contributed by atoms with Gasteiger partial charge in [-0.25, -0.2) is 0 Å². The molecule has 8 atom stereocenters. The molecule has 0 radical (unpaired) electrons. The lowest BCUT2D eigenvalue weighted by molar-refractivity contribution is -0.0548. The Hall–Kier alpha value is 0.430. The molecule has 29 heavy (non-hydrogen) atoms. The quantitative estimate of drug-likeness (QED) is 0.219. The minimum absolute atomic E-state index is 0.0784. The predicted molar refractivity (Wildman–Crippen MR) is 132 cm³/mol. The van der Waals surface area contributed by atoms with Crippen molar-refractivity contribution in [3.05, 3.63) is 11.6 Å². The van der Waals surface area contributed by atoms with Crippen LogP contribution >= 0.6 is 22.6 Å². The van der Waals surface area contributed by atoms with Crippen LogP contribution in [0.2, 0.25) is 0 Å². The molecular formula is C27H45IO. The van der Waals surface area contributed by atoms with Gasteiger partial charge in [-0.2, -0.15) is 0 Å². The van der Waals surface area contributed by atoms with Gasteiger partial charge in [-0.05, 0) is 92.3 Å². The van der Waals surface area contributed by atoms with Gasteiger partial charge in [0, 0.05) is 9.84 Å². The van der Waals surface area contributed by atoms with Crippen LogP contribution in [0.25, 0.3) is 0 Å². The van der Waals surface area contributed by atoms with E-state index in [-0.39, 0.29) is 6.10 Å². The molecule has 0 saturated heterocycles. The average Bonchev–Trinajstić information content (AvgIpc) is 3.04. The zero-order valence-corrected chi connectivity index (χ0v) is 21.6. The molecule has 0 aromatic carbocycles. The van der Waals surface area contributed by atoms with E-state index in [0.717, 1.165) is 48.3 Å². The highest BCUT2D eigenvalue weighted by Crippen LogP contribution is 2.67. The van der Waals surface area contributed by atoms with E-state index in [1.165, 1.54) is 62.2 Å². The fourth-order valence-electron chi connectivity index (χ4n) is 8.71. The molecule has 4 aliphatic rings. The molecule has 4 rings (SSSR count). The summed E-state index contributed by atoms with van der Waals surface area (Å²) in [7, 11) is 0. The lowest BCUT2D eigenvalue weighted by atomic mass is 9.47. The molecular weight excluding hydrogens is 467 g/mol. The highest BCUT2D eigenvalue weighted by Gasteiger charge is 2.59. The number of rotatable bonds is 6. The van der Waals surface area contributed by atoms with Crippen LogP contribution < -0.4 is 0 Å². The van der Waals surface area contributed by atoms with E-state index < -0.39 is 0 Å². The summed E-state index contributed by atoms with van der Waals surface area (Å²) < 4.78 is 1.27. The van der Waals surface area contributed by atoms with E-state index in [4.69, 9.17) is 0 Å². The van der Waals surface area contributed by atoms with Gasteiger partial charge < -0.3 is 5.11 Å². The van der Waals surface area contributed by atoms with E-state index in [9.17, 15) is 5.11 Å². The van der Waals surface area contributed by atoms with Crippen LogP contribution in [0.3, 0.4) is 0 Å². The maximum atomic E-state index is 10.3. The molecule has 0 aliphatic heterocycles. The second-order valence-corrected chi connectivity index (χ2v) is 12.8. The van der Waals surface area contributed by atoms with Crippen molar-refractivity contribution in [2.24, 2.45) is 46.3 Å². The van der Waals surface area contributed by atoms with Gasteiger partial charge >= 0.3 is 0 Å². The van der Waals surface area contributed by atoms with Gasteiger partial charge in [-0.1, -0.05) is 81.2 Å². The van der Waals surface area contributed by atoms with Crippen LogP contribution in [0.1, 0.15) is 98.3 Å². The third kappa shape index (κ3) is 3.89. The van der Waals surface area contributed by atoms with E-state index in [1.807, 2.05) is 0 Å². The second-order valence-electron chi connectivity index (χ2n) is 12.1. The van der Waals surface area contributed by atoms with E-state index >= 15 is 0 Å². The smallest absolute Gasteiger partial charge is 0.0577 e. The largest absolute Gasteiger partial charge is 0.393 e. The summed E-state index contributed by atoms with van der Waals surface area (Å²) in [6.07, 6.45) is 17.2. The summed E-state index contributed by atoms with van der Waals surface area (Å²) in [4.78, 5) is 0. The molecule has 3 saturated carbocycles. The molecule has 0 bridgehead atoms. The number of aliphatic hydroxyl groups is 1. The minimum atomic E-state index is -0.0784. The first-order chi connectivity index (χ1) is 13.8. The monoisotopic (exact) mass is 512 g/mol. The van der Waals surface area contributed by atoms with Gasteiger partial charge in [-0.15, -0.1) is 0 Å². The molecule has 2 heteroatoms. The number of allylic oxidation sites excluding steroid dienone is 1. The van der Waals surface area contributed by atoms with Crippen LogP contribution in [0, 0.1) is 46.3 Å². The first-order valence-corrected chi connectivity index (χ1v) is 14.3. The maximum absolute atomic E-state index is 10.3. The molecule has 0 spiro atoms. The highest BCUT2D eigenvalue weighted by molar-refractivity contribution is 14.1. The molecule has 0 aromatic heterocycles. The van der Waals surface area contributed by atoms with Crippen molar-refractivity contribution in [3.8, 4) is 0 Å². The van der Waals surface area contributed by atoms with Crippen molar-refractivity contribution in [1.29, 1.82) is 0 Å². The van der Waals surface area contributed by atoms with Crippen LogP contribution in [0.15, 0.2) is 11.6 Å². The number of aliphatic hydroxyl groups excluding tert-OH is 1. The van der Waals surface area contributed by atoms with E-state index in [2.05, 4.69) is 56.4 Å². The van der Waals surface area contributed by atoms with Crippen molar-refractivity contribution in [1.82, 2.24) is 0 Å². The molecule has 0 aromatic rings. The average molecular weight is 513 g/mol. The van der Waals surface area contributed by atoms with Crippen molar-refractivity contribution in [3.63, 3.8) is 0 Å². The van der Waals surface area contributed by atoms with Crippen LogP contribution in [-0.2, 0) is 0 Å². The first-order valence-electron chi connectivity index (χ1n) is 12.8. The van der Waals surface area contributed by atoms with Crippen LogP contribution in [0.5, 0.6) is 0 Å². The normalized spacial score (nSPS) is 45.3.